The molecule has 236 valence electrons. The summed E-state index contributed by atoms with van der Waals surface area (Å²) < 4.78 is 22.8. The van der Waals surface area contributed by atoms with Crippen molar-refractivity contribution >= 4 is 52.5 Å². The fourth-order valence-corrected chi connectivity index (χ4v) is 8.70. The van der Waals surface area contributed by atoms with Crippen molar-refractivity contribution in [2.24, 2.45) is 5.92 Å². The lowest BCUT2D eigenvalue weighted by Gasteiger charge is -2.31. The third kappa shape index (κ3) is 5.51. The van der Waals surface area contributed by atoms with Crippen molar-refractivity contribution in [3.05, 3.63) is 68.1 Å². The number of rotatable bonds is 8. The van der Waals surface area contributed by atoms with Gasteiger partial charge in [0.2, 0.25) is 17.7 Å². The average Bonchev–Trinajstić information content (AvgIpc) is 3.51. The minimum absolute atomic E-state index is 0.186. The summed E-state index contributed by atoms with van der Waals surface area (Å²) >= 11 is 2.12. The Kier molecular flexibility index (Phi) is 8.71. The highest BCUT2D eigenvalue weighted by atomic mass is 32.2. The van der Waals surface area contributed by atoms with Gasteiger partial charge in [-0.3, -0.25) is 23.7 Å². The van der Waals surface area contributed by atoms with E-state index >= 15 is 0 Å². The molecule has 0 radical (unpaired) electrons. The van der Waals surface area contributed by atoms with Crippen LogP contribution in [0.25, 0.3) is 0 Å². The normalized spacial score (nSPS) is 20.9. The van der Waals surface area contributed by atoms with Gasteiger partial charge in [0.25, 0.3) is 0 Å². The van der Waals surface area contributed by atoms with Crippen molar-refractivity contribution in [1.82, 2.24) is 9.47 Å². The number of benzene rings is 2. The molecule has 0 spiro atoms. The molecular formula is C31H31N3O9S2. The highest BCUT2D eigenvalue weighted by Gasteiger charge is 2.57. The second-order valence-corrected chi connectivity index (χ2v) is 12.7. The lowest BCUT2D eigenvalue weighted by molar-refractivity contribution is -0.136. The monoisotopic (exact) mass is 653 g/mol. The fourth-order valence-electron chi connectivity index (χ4n) is 5.92. The van der Waals surface area contributed by atoms with E-state index in [1.165, 1.54) is 30.9 Å². The number of carbonyl (C=O) groups is 4. The Balaban J connectivity index is 1.42. The number of methoxy groups -OCH3 is 2. The topological polar surface area (TPSA) is 134 Å². The molecule has 0 aliphatic carbocycles. The predicted molar refractivity (Wildman–Crippen MR) is 165 cm³/mol. The maximum absolute atomic E-state index is 14.2. The minimum Gasteiger partial charge on any atom is -0.493 e. The van der Waals surface area contributed by atoms with Crippen molar-refractivity contribution in [2.45, 2.75) is 29.7 Å². The first kappa shape index (κ1) is 30.9. The molecule has 3 atom stereocenters. The zero-order valence-electron chi connectivity index (χ0n) is 24.8. The Morgan fingerprint density at radius 1 is 0.956 bits per heavy atom. The van der Waals surface area contributed by atoms with Crippen molar-refractivity contribution < 1.29 is 38.1 Å². The van der Waals surface area contributed by atoms with Gasteiger partial charge in [-0.2, -0.15) is 0 Å². The molecule has 2 saturated heterocycles. The molecule has 3 aromatic rings. The minimum atomic E-state index is -0.869. The third-order valence-electron chi connectivity index (χ3n) is 8.11. The summed E-state index contributed by atoms with van der Waals surface area (Å²) in [5.74, 6) is -2.20. The maximum atomic E-state index is 14.2. The molecule has 12 nitrogen and oxygen atoms in total. The van der Waals surface area contributed by atoms with Crippen LogP contribution >= 0.6 is 23.1 Å². The van der Waals surface area contributed by atoms with Gasteiger partial charge >= 0.3 is 10.8 Å². The number of carbonyl (C=O) groups excluding carboxylic acids is 4. The van der Waals surface area contributed by atoms with Crippen LogP contribution in [0, 0.1) is 5.92 Å². The Hall–Kier alpha value is -4.14. The van der Waals surface area contributed by atoms with Crippen LogP contribution in [0.4, 0.5) is 5.69 Å². The lowest BCUT2D eigenvalue weighted by atomic mass is 9.83. The number of thioether (sulfide) groups is 1. The second-order valence-electron chi connectivity index (χ2n) is 10.6. The van der Waals surface area contributed by atoms with E-state index in [0.29, 0.717) is 64.5 Å². The number of fused-ring (bicyclic) bond motifs is 2. The number of thiazole rings is 1. The summed E-state index contributed by atoms with van der Waals surface area (Å²) in [6, 6.07) is 11.4. The molecule has 45 heavy (non-hydrogen) atoms. The Labute approximate surface area is 266 Å². The lowest BCUT2D eigenvalue weighted by Crippen LogP contribution is -2.43. The molecule has 3 amide bonds. The number of aromatic nitrogens is 1. The third-order valence-corrected chi connectivity index (χ3v) is 10.7. The van der Waals surface area contributed by atoms with Crippen LogP contribution in [-0.2, 0) is 30.4 Å². The first-order chi connectivity index (χ1) is 21.8. The van der Waals surface area contributed by atoms with Gasteiger partial charge in [-0.1, -0.05) is 29.2 Å². The average molecular weight is 654 g/mol. The van der Waals surface area contributed by atoms with Crippen LogP contribution in [0.1, 0.15) is 33.6 Å². The summed E-state index contributed by atoms with van der Waals surface area (Å²) in [4.78, 5) is 70.2. The molecule has 0 saturated carbocycles. The summed E-state index contributed by atoms with van der Waals surface area (Å²) in [5, 5.41) is -0.375. The van der Waals surface area contributed by atoms with Crippen LogP contribution in [0.15, 0.2) is 52.3 Å². The molecule has 6 rings (SSSR count). The van der Waals surface area contributed by atoms with Gasteiger partial charge in [0.05, 0.1) is 56.2 Å². The van der Waals surface area contributed by atoms with E-state index in [9.17, 15) is 24.0 Å². The molecule has 0 unspecified atom stereocenters. The molecule has 2 fully saturated rings. The Bertz CT molecular complexity index is 1710. The molecule has 0 bridgehead atoms. The molecule has 4 heterocycles. The number of ether oxygens (including phenoxy) is 4. The predicted octanol–water partition coefficient (Wildman–Crippen LogP) is 2.76. The zero-order valence-corrected chi connectivity index (χ0v) is 26.5. The zero-order chi connectivity index (χ0) is 31.8. The summed E-state index contributed by atoms with van der Waals surface area (Å²) in [6.07, 6.45) is 0. The van der Waals surface area contributed by atoms with Crippen LogP contribution in [-0.4, -0.2) is 85.5 Å². The van der Waals surface area contributed by atoms with E-state index < -0.39 is 34.9 Å². The van der Waals surface area contributed by atoms with Gasteiger partial charge in [0.15, 0.2) is 11.5 Å². The van der Waals surface area contributed by atoms with Gasteiger partial charge in [0.1, 0.15) is 11.8 Å². The second kappa shape index (κ2) is 12.7. The number of imide groups is 1. The Morgan fingerprint density at radius 3 is 2.33 bits per heavy atom. The van der Waals surface area contributed by atoms with Crippen molar-refractivity contribution in [3.63, 3.8) is 0 Å². The van der Waals surface area contributed by atoms with E-state index in [0.717, 1.165) is 28.0 Å². The van der Waals surface area contributed by atoms with Crippen molar-refractivity contribution in [1.29, 1.82) is 0 Å². The van der Waals surface area contributed by atoms with Crippen LogP contribution in [0.3, 0.4) is 0 Å². The Morgan fingerprint density at radius 2 is 1.67 bits per heavy atom. The first-order valence-electron chi connectivity index (χ1n) is 14.4. The molecule has 0 N–H and O–H groups in total. The number of anilines is 1. The first-order valence-corrected chi connectivity index (χ1v) is 16.1. The number of nitrogens with zero attached hydrogens (tertiary/aromatic N) is 3. The highest BCUT2D eigenvalue weighted by Crippen LogP contribution is 2.54. The molecule has 1 aromatic heterocycles. The van der Waals surface area contributed by atoms with E-state index in [1.807, 2.05) is 0 Å². The fraction of sp³-hybridized carbons (Fsp3) is 0.387. The molecule has 2 aromatic carbocycles. The molecule has 14 heteroatoms. The summed E-state index contributed by atoms with van der Waals surface area (Å²) in [5.41, 5.74) is 1.28. The van der Waals surface area contributed by atoms with Crippen molar-refractivity contribution in [2.75, 3.05) is 52.0 Å². The van der Waals surface area contributed by atoms with Gasteiger partial charge < -0.3 is 23.8 Å². The van der Waals surface area contributed by atoms with Gasteiger partial charge in [0, 0.05) is 23.9 Å². The van der Waals surface area contributed by atoms with E-state index in [2.05, 4.69) is 0 Å². The van der Waals surface area contributed by atoms with Crippen LogP contribution in [0.5, 0.6) is 11.5 Å². The van der Waals surface area contributed by atoms with Crippen LogP contribution < -0.4 is 19.2 Å². The standard InChI is InChI=1S/C31H31N3O9S2/c1-4-43-30(38)17-5-8-19(9-6-17)34-27(36)24-23(18-7-10-20(40-2)21(15-18)41-3)26-29(44-25(24)28(34)37)33(31(39)45-26)16-22(35)32-11-13-42-14-12-32/h5-10,15,23-25H,4,11-14,16H2,1-3H3/t23-,24-,25+/m0/s1. The van der Waals surface area contributed by atoms with E-state index in [1.54, 1.807) is 42.2 Å². The summed E-state index contributed by atoms with van der Waals surface area (Å²) in [6.45, 7) is 3.46. The van der Waals surface area contributed by atoms with Crippen molar-refractivity contribution in [3.8, 4) is 11.5 Å². The summed E-state index contributed by atoms with van der Waals surface area (Å²) in [7, 11) is 3.02. The smallest absolute Gasteiger partial charge is 0.338 e. The number of morpholine rings is 1. The van der Waals surface area contributed by atoms with E-state index in [4.69, 9.17) is 18.9 Å². The van der Waals surface area contributed by atoms with Gasteiger partial charge in [-0.15, -0.1) is 0 Å². The number of hydrogen-bond acceptors (Lipinski definition) is 11. The molecule has 3 aliphatic heterocycles. The van der Waals surface area contributed by atoms with E-state index in [-0.39, 0.29) is 23.9 Å². The molecular weight excluding hydrogens is 622 g/mol. The number of hydrogen-bond donors (Lipinski definition) is 0. The van der Waals surface area contributed by atoms with Gasteiger partial charge in [-0.05, 0) is 48.9 Å². The number of esters is 1. The molecule has 3 aliphatic rings. The quantitative estimate of drug-likeness (QED) is 0.264. The SMILES string of the molecule is CCOC(=O)c1ccc(N2C(=O)[C@H]3[C@H](c4ccc(OC)c(OC)c4)c4sc(=O)n(CC(=O)N5CCOCC5)c4S[C@H]3C2=O)cc1. The highest BCUT2D eigenvalue weighted by molar-refractivity contribution is 8.00. The number of amides is 3. The van der Waals surface area contributed by atoms with Crippen LogP contribution in [0.2, 0.25) is 0 Å². The largest absolute Gasteiger partial charge is 0.493 e. The maximum Gasteiger partial charge on any atom is 0.338 e. The van der Waals surface area contributed by atoms with Gasteiger partial charge in [-0.25, -0.2) is 9.69 Å².